The fraction of sp³-hybridized carbons (Fsp3) is 0.407. The van der Waals surface area contributed by atoms with Gasteiger partial charge in [0, 0.05) is 24.4 Å². The molecule has 1 aliphatic rings. The number of hydrogen-bond acceptors (Lipinski definition) is 3. The Kier molecular flexibility index (Phi) is 8.29. The Bertz CT molecular complexity index is 969. The predicted octanol–water partition coefficient (Wildman–Crippen LogP) is 5.00. The molecule has 0 spiro atoms. The van der Waals surface area contributed by atoms with Crippen molar-refractivity contribution in [2.24, 2.45) is 5.92 Å². The van der Waals surface area contributed by atoms with Gasteiger partial charge in [-0.25, -0.2) is 4.79 Å². The van der Waals surface area contributed by atoms with E-state index in [2.05, 4.69) is 29.3 Å². The van der Waals surface area contributed by atoms with Crippen molar-refractivity contribution in [3.8, 4) is 11.8 Å². The van der Waals surface area contributed by atoms with Crippen LogP contribution in [0, 0.1) is 17.8 Å². The average Bonchev–Trinajstić information content (AvgIpc) is 2.79. The van der Waals surface area contributed by atoms with Crippen molar-refractivity contribution in [2.75, 3.05) is 6.54 Å². The van der Waals surface area contributed by atoms with Gasteiger partial charge >= 0.3 is 6.09 Å². The quantitative estimate of drug-likeness (QED) is 0.509. The van der Waals surface area contributed by atoms with Gasteiger partial charge in [-0.2, -0.15) is 0 Å². The summed E-state index contributed by atoms with van der Waals surface area (Å²) in [7, 11) is 0. The van der Waals surface area contributed by atoms with Gasteiger partial charge in [-0.15, -0.1) is 0 Å². The third-order valence-electron chi connectivity index (χ3n) is 5.81. The molecule has 0 bridgehead atoms. The van der Waals surface area contributed by atoms with Crippen LogP contribution in [0.2, 0.25) is 0 Å². The maximum Gasteiger partial charge on any atom is 0.407 e. The normalized spacial score (nSPS) is 13.4. The highest BCUT2D eigenvalue weighted by molar-refractivity contribution is 5.78. The molecular formula is C27H31NO3. The molecule has 162 valence electrons. The molecule has 2 aromatic carbocycles. The summed E-state index contributed by atoms with van der Waals surface area (Å²) in [6.07, 6.45) is 5.44. The maximum absolute atomic E-state index is 11.8. The van der Waals surface area contributed by atoms with Crippen molar-refractivity contribution in [3.05, 3.63) is 70.3 Å². The van der Waals surface area contributed by atoms with Gasteiger partial charge < -0.3 is 10.1 Å². The summed E-state index contributed by atoms with van der Waals surface area (Å²) >= 11 is 0. The lowest BCUT2D eigenvalue weighted by atomic mass is 9.82. The molecule has 0 radical (unpaired) electrons. The van der Waals surface area contributed by atoms with E-state index in [9.17, 15) is 9.59 Å². The molecule has 1 aliphatic carbocycles. The zero-order chi connectivity index (χ0) is 22.1. The largest absolute Gasteiger partial charge is 0.445 e. The summed E-state index contributed by atoms with van der Waals surface area (Å²) in [6.45, 7) is 4.39. The van der Waals surface area contributed by atoms with Crippen molar-refractivity contribution in [1.82, 2.24) is 5.32 Å². The SMILES string of the molecule is CC(=O)[C@@H](C)Cc1ccc(C#CCCNC(=O)OCc2ccccc2)c2c1CCCC2. The number of benzene rings is 2. The molecule has 4 heteroatoms. The van der Waals surface area contributed by atoms with Gasteiger partial charge in [0.2, 0.25) is 0 Å². The second-order valence-corrected chi connectivity index (χ2v) is 8.19. The van der Waals surface area contributed by atoms with Crippen LogP contribution in [-0.4, -0.2) is 18.4 Å². The maximum atomic E-state index is 11.8. The molecule has 3 rings (SSSR count). The van der Waals surface area contributed by atoms with E-state index in [1.165, 1.54) is 29.5 Å². The number of ketones is 1. The summed E-state index contributed by atoms with van der Waals surface area (Å²) in [6, 6.07) is 13.9. The molecule has 1 amide bonds. The predicted molar refractivity (Wildman–Crippen MR) is 123 cm³/mol. The second-order valence-electron chi connectivity index (χ2n) is 8.19. The van der Waals surface area contributed by atoms with E-state index >= 15 is 0 Å². The van der Waals surface area contributed by atoms with Crippen LogP contribution in [0.1, 0.15) is 60.9 Å². The van der Waals surface area contributed by atoms with Crippen LogP contribution in [0.15, 0.2) is 42.5 Å². The fourth-order valence-electron chi connectivity index (χ4n) is 3.88. The van der Waals surface area contributed by atoms with Crippen molar-refractivity contribution >= 4 is 11.9 Å². The molecule has 0 saturated heterocycles. The number of carbonyl (C=O) groups excluding carboxylic acids is 2. The Morgan fingerprint density at radius 2 is 1.81 bits per heavy atom. The molecule has 31 heavy (non-hydrogen) atoms. The fourth-order valence-corrected chi connectivity index (χ4v) is 3.88. The van der Waals surface area contributed by atoms with Crippen LogP contribution >= 0.6 is 0 Å². The lowest BCUT2D eigenvalue weighted by Gasteiger charge is -2.22. The van der Waals surface area contributed by atoms with E-state index in [-0.39, 0.29) is 18.3 Å². The highest BCUT2D eigenvalue weighted by Crippen LogP contribution is 2.29. The molecular weight excluding hydrogens is 386 g/mol. The average molecular weight is 418 g/mol. The summed E-state index contributed by atoms with van der Waals surface area (Å²) in [5, 5.41) is 2.75. The molecule has 0 heterocycles. The van der Waals surface area contributed by atoms with E-state index in [0.717, 1.165) is 30.4 Å². The zero-order valence-corrected chi connectivity index (χ0v) is 18.5. The van der Waals surface area contributed by atoms with Crippen LogP contribution in [0.5, 0.6) is 0 Å². The molecule has 0 fully saturated rings. The molecule has 4 nitrogen and oxygen atoms in total. The van der Waals surface area contributed by atoms with E-state index in [4.69, 9.17) is 4.74 Å². The number of amides is 1. The number of rotatable bonds is 7. The Morgan fingerprint density at radius 3 is 2.55 bits per heavy atom. The highest BCUT2D eigenvalue weighted by Gasteiger charge is 2.18. The van der Waals surface area contributed by atoms with Crippen LogP contribution in [0.3, 0.4) is 0 Å². The van der Waals surface area contributed by atoms with E-state index in [1.807, 2.05) is 37.3 Å². The standard InChI is InChI=1S/C27H31NO3/c1-20(21(2)29)18-24-16-15-23(25-13-6-7-14-26(24)25)12-8-9-17-28-27(30)31-19-22-10-4-3-5-11-22/h3-5,10-11,15-16,20H,6-7,9,13-14,17-19H2,1-2H3,(H,28,30)/t20-/m0/s1. The summed E-state index contributed by atoms with van der Waals surface area (Å²) in [4.78, 5) is 23.5. The highest BCUT2D eigenvalue weighted by atomic mass is 16.5. The van der Waals surface area contributed by atoms with Gasteiger partial charge in [0.15, 0.2) is 0 Å². The number of fused-ring (bicyclic) bond motifs is 1. The van der Waals surface area contributed by atoms with E-state index < -0.39 is 6.09 Å². The number of ether oxygens (including phenoxy) is 1. The molecule has 0 saturated carbocycles. The van der Waals surface area contributed by atoms with Crippen LogP contribution < -0.4 is 5.32 Å². The number of carbonyl (C=O) groups is 2. The lowest BCUT2D eigenvalue weighted by molar-refractivity contribution is -0.120. The Morgan fingerprint density at radius 1 is 1.06 bits per heavy atom. The number of hydrogen-bond donors (Lipinski definition) is 1. The second kappa shape index (κ2) is 11.4. The van der Waals surface area contributed by atoms with Crippen molar-refractivity contribution in [2.45, 2.75) is 59.0 Å². The van der Waals surface area contributed by atoms with Crippen LogP contribution in [-0.2, 0) is 35.4 Å². The van der Waals surface area contributed by atoms with E-state index in [0.29, 0.717) is 13.0 Å². The number of alkyl carbamates (subject to hydrolysis) is 1. The molecule has 0 aromatic heterocycles. The zero-order valence-electron chi connectivity index (χ0n) is 18.5. The smallest absolute Gasteiger partial charge is 0.407 e. The first-order valence-electron chi connectivity index (χ1n) is 11.1. The van der Waals surface area contributed by atoms with Gasteiger partial charge in [0.1, 0.15) is 12.4 Å². The molecule has 0 unspecified atom stereocenters. The lowest BCUT2D eigenvalue weighted by Crippen LogP contribution is -2.24. The van der Waals surface area contributed by atoms with Gasteiger partial charge in [-0.3, -0.25) is 4.79 Å². The van der Waals surface area contributed by atoms with Gasteiger partial charge in [0.25, 0.3) is 0 Å². The van der Waals surface area contributed by atoms with Gasteiger partial charge in [-0.05, 0) is 67.3 Å². The third kappa shape index (κ3) is 6.72. The molecule has 0 aliphatic heterocycles. The first kappa shape index (κ1) is 22.6. The van der Waals surface area contributed by atoms with Crippen molar-refractivity contribution in [1.29, 1.82) is 0 Å². The van der Waals surface area contributed by atoms with E-state index in [1.54, 1.807) is 6.92 Å². The topological polar surface area (TPSA) is 55.4 Å². The minimum absolute atomic E-state index is 0.0516. The summed E-state index contributed by atoms with van der Waals surface area (Å²) < 4.78 is 5.21. The van der Waals surface area contributed by atoms with Gasteiger partial charge in [0.05, 0.1) is 0 Å². The summed E-state index contributed by atoms with van der Waals surface area (Å²) in [5.41, 5.74) is 6.09. The first-order valence-corrected chi connectivity index (χ1v) is 11.1. The van der Waals surface area contributed by atoms with Crippen molar-refractivity contribution < 1.29 is 14.3 Å². The molecule has 1 N–H and O–H groups in total. The minimum atomic E-state index is -0.424. The molecule has 1 atom stereocenters. The first-order chi connectivity index (χ1) is 15.0. The molecule has 2 aromatic rings. The Labute approximate surface area is 185 Å². The monoisotopic (exact) mass is 417 g/mol. The minimum Gasteiger partial charge on any atom is -0.445 e. The number of nitrogens with one attached hydrogen (secondary N) is 1. The van der Waals surface area contributed by atoms with Crippen LogP contribution in [0.4, 0.5) is 4.79 Å². The summed E-state index contributed by atoms with van der Waals surface area (Å²) in [5.74, 6) is 6.77. The third-order valence-corrected chi connectivity index (χ3v) is 5.81. The Hall–Kier alpha value is -3.06. The van der Waals surface area contributed by atoms with Crippen LogP contribution in [0.25, 0.3) is 0 Å². The number of Topliss-reactive ketones (excluding diaryl/α,β-unsaturated/α-hetero) is 1. The van der Waals surface area contributed by atoms with Gasteiger partial charge in [-0.1, -0.05) is 55.2 Å². The Balaban J connectivity index is 1.53. The van der Waals surface area contributed by atoms with Crippen molar-refractivity contribution in [3.63, 3.8) is 0 Å².